The zero-order valence-electron chi connectivity index (χ0n) is 17.2. The first-order valence-electron chi connectivity index (χ1n) is 10.2. The molecule has 0 aliphatic carbocycles. The third kappa shape index (κ3) is 6.49. The quantitative estimate of drug-likeness (QED) is 0.424. The number of aliphatic hydroxyl groups is 1. The van der Waals surface area contributed by atoms with Gasteiger partial charge in [-0.3, -0.25) is 0 Å². The Morgan fingerprint density at radius 1 is 0.933 bits per heavy atom. The molecule has 5 heteroatoms. The molecule has 30 heavy (non-hydrogen) atoms. The Kier molecular flexibility index (Phi) is 8.57. The van der Waals surface area contributed by atoms with E-state index in [9.17, 15) is 5.11 Å². The first kappa shape index (κ1) is 22.2. The third-order valence-corrected chi connectivity index (χ3v) is 5.02. The van der Waals surface area contributed by atoms with Crippen LogP contribution < -0.4 is 14.8 Å². The van der Waals surface area contributed by atoms with Crippen LogP contribution in [-0.4, -0.2) is 18.3 Å². The van der Waals surface area contributed by atoms with Gasteiger partial charge in [0.2, 0.25) is 0 Å². The Bertz CT molecular complexity index is 900. The van der Waals surface area contributed by atoms with Crippen LogP contribution in [0.3, 0.4) is 0 Å². The second kappa shape index (κ2) is 11.6. The lowest BCUT2D eigenvalue weighted by molar-refractivity contribution is 0.243. The fourth-order valence-electron chi connectivity index (χ4n) is 3.04. The van der Waals surface area contributed by atoms with Gasteiger partial charge in [0, 0.05) is 6.54 Å². The van der Waals surface area contributed by atoms with Crippen LogP contribution in [0.25, 0.3) is 0 Å². The maximum Gasteiger partial charge on any atom is 0.137 e. The fraction of sp³-hybridized carbons (Fsp3) is 0.280. The molecular weight excluding hydrogens is 398 g/mol. The molecule has 1 atom stereocenters. The minimum atomic E-state index is -0.211. The molecule has 0 aliphatic rings. The summed E-state index contributed by atoms with van der Waals surface area (Å²) in [6, 6.07) is 23.5. The van der Waals surface area contributed by atoms with E-state index in [-0.39, 0.29) is 12.6 Å². The molecule has 0 saturated heterocycles. The van der Waals surface area contributed by atoms with Gasteiger partial charge in [-0.05, 0) is 47.4 Å². The molecule has 3 aromatic rings. The highest BCUT2D eigenvalue weighted by molar-refractivity contribution is 6.32. The van der Waals surface area contributed by atoms with Crippen molar-refractivity contribution in [2.75, 3.05) is 13.2 Å². The normalized spacial score (nSPS) is 11.8. The summed E-state index contributed by atoms with van der Waals surface area (Å²) in [6.45, 7) is 3.82. The summed E-state index contributed by atoms with van der Waals surface area (Å²) in [5, 5.41) is 13.8. The highest BCUT2D eigenvalue weighted by Crippen LogP contribution is 2.28. The summed E-state index contributed by atoms with van der Waals surface area (Å²) in [5.41, 5.74) is 3.17. The van der Waals surface area contributed by atoms with Crippen LogP contribution in [-0.2, 0) is 13.2 Å². The maximum atomic E-state index is 9.82. The average molecular weight is 426 g/mol. The molecule has 0 aliphatic heterocycles. The van der Waals surface area contributed by atoms with Crippen molar-refractivity contribution < 1.29 is 14.6 Å². The van der Waals surface area contributed by atoms with E-state index in [2.05, 4.69) is 12.2 Å². The molecule has 2 N–H and O–H groups in total. The van der Waals surface area contributed by atoms with E-state index in [0.717, 1.165) is 28.9 Å². The number of hydrogen-bond acceptors (Lipinski definition) is 4. The topological polar surface area (TPSA) is 50.7 Å². The van der Waals surface area contributed by atoms with E-state index >= 15 is 0 Å². The summed E-state index contributed by atoms with van der Waals surface area (Å²) < 4.78 is 11.4. The highest BCUT2D eigenvalue weighted by Gasteiger charge is 2.12. The van der Waals surface area contributed by atoms with E-state index < -0.39 is 0 Å². The minimum Gasteiger partial charge on any atom is -0.492 e. The summed E-state index contributed by atoms with van der Waals surface area (Å²) >= 11 is 6.33. The predicted molar refractivity (Wildman–Crippen MR) is 121 cm³/mol. The van der Waals surface area contributed by atoms with Crippen LogP contribution in [0.4, 0.5) is 0 Å². The Morgan fingerprint density at radius 3 is 2.37 bits per heavy atom. The second-order valence-electron chi connectivity index (χ2n) is 7.07. The Labute approximate surface area is 183 Å². The van der Waals surface area contributed by atoms with Gasteiger partial charge in [-0.25, -0.2) is 0 Å². The second-order valence-corrected chi connectivity index (χ2v) is 7.48. The molecular formula is C25H28ClNO3. The van der Waals surface area contributed by atoms with E-state index in [1.165, 1.54) is 0 Å². The van der Waals surface area contributed by atoms with Crippen molar-refractivity contribution in [3.63, 3.8) is 0 Å². The number of rotatable bonds is 11. The van der Waals surface area contributed by atoms with Gasteiger partial charge in [-0.15, -0.1) is 0 Å². The van der Waals surface area contributed by atoms with Crippen LogP contribution in [0.2, 0.25) is 5.02 Å². The molecule has 0 saturated carbocycles. The van der Waals surface area contributed by atoms with Gasteiger partial charge in [-0.1, -0.05) is 67.1 Å². The molecule has 4 nitrogen and oxygen atoms in total. The molecule has 0 fully saturated rings. The monoisotopic (exact) mass is 425 g/mol. The fourth-order valence-corrected chi connectivity index (χ4v) is 3.28. The van der Waals surface area contributed by atoms with Gasteiger partial charge in [-0.2, -0.15) is 0 Å². The van der Waals surface area contributed by atoms with Crippen molar-refractivity contribution in [1.82, 2.24) is 5.32 Å². The average Bonchev–Trinajstić information content (AvgIpc) is 2.79. The van der Waals surface area contributed by atoms with Crippen molar-refractivity contribution in [2.45, 2.75) is 32.5 Å². The van der Waals surface area contributed by atoms with Crippen LogP contribution in [0.15, 0.2) is 72.8 Å². The van der Waals surface area contributed by atoms with Crippen molar-refractivity contribution in [2.24, 2.45) is 0 Å². The smallest absolute Gasteiger partial charge is 0.137 e. The number of ether oxygens (including phenoxy) is 2. The van der Waals surface area contributed by atoms with Gasteiger partial charge >= 0.3 is 0 Å². The molecule has 0 spiro atoms. The third-order valence-electron chi connectivity index (χ3n) is 4.73. The molecule has 0 aromatic heterocycles. The van der Waals surface area contributed by atoms with Gasteiger partial charge in [0.15, 0.2) is 0 Å². The van der Waals surface area contributed by atoms with E-state index in [1.54, 1.807) is 0 Å². The number of nitrogens with one attached hydrogen (secondary N) is 1. The van der Waals surface area contributed by atoms with Crippen molar-refractivity contribution in [3.8, 4) is 11.5 Å². The minimum absolute atomic E-state index is 0.0240. The maximum absolute atomic E-state index is 9.82. The van der Waals surface area contributed by atoms with Crippen LogP contribution in [0.1, 0.15) is 36.1 Å². The molecule has 3 rings (SSSR count). The predicted octanol–water partition coefficient (Wildman–Crippen LogP) is 5.53. The lowest BCUT2D eigenvalue weighted by atomic mass is 10.1. The number of benzene rings is 3. The SMILES string of the molecule is CCCOc1ccc(C(CO)NCc2ccc(OCc3ccccc3)cc2)cc1Cl. The van der Waals surface area contributed by atoms with Gasteiger partial charge < -0.3 is 19.9 Å². The molecule has 3 aromatic carbocycles. The first-order valence-corrected chi connectivity index (χ1v) is 10.6. The molecule has 0 bridgehead atoms. The van der Waals surface area contributed by atoms with E-state index in [1.807, 2.05) is 72.8 Å². The van der Waals surface area contributed by atoms with E-state index in [4.69, 9.17) is 21.1 Å². The standard InChI is InChI=1S/C25H28ClNO3/c1-2-14-29-25-13-10-21(15-23(25)26)24(17-28)27-16-19-8-11-22(12-9-19)30-18-20-6-4-3-5-7-20/h3-13,15,24,27-28H,2,14,16-18H2,1H3. The lowest BCUT2D eigenvalue weighted by Gasteiger charge is -2.18. The number of halogens is 1. The van der Waals surface area contributed by atoms with Gasteiger partial charge in [0.25, 0.3) is 0 Å². The van der Waals surface area contributed by atoms with E-state index in [0.29, 0.717) is 30.5 Å². The van der Waals surface area contributed by atoms with Crippen molar-refractivity contribution >= 4 is 11.6 Å². The summed E-state index contributed by atoms with van der Waals surface area (Å²) in [5.74, 6) is 1.50. The van der Waals surface area contributed by atoms with Crippen molar-refractivity contribution in [3.05, 3.63) is 94.5 Å². The number of aliphatic hydroxyl groups excluding tert-OH is 1. The van der Waals surface area contributed by atoms with Crippen LogP contribution in [0.5, 0.6) is 11.5 Å². The van der Waals surface area contributed by atoms with Crippen molar-refractivity contribution in [1.29, 1.82) is 0 Å². The van der Waals surface area contributed by atoms with Gasteiger partial charge in [0.1, 0.15) is 18.1 Å². The Morgan fingerprint density at radius 2 is 1.70 bits per heavy atom. The highest BCUT2D eigenvalue weighted by atomic mass is 35.5. The number of hydrogen-bond donors (Lipinski definition) is 2. The molecule has 0 amide bonds. The van der Waals surface area contributed by atoms with Crippen LogP contribution >= 0.6 is 11.6 Å². The van der Waals surface area contributed by atoms with Gasteiger partial charge in [0.05, 0.1) is 24.3 Å². The van der Waals surface area contributed by atoms with Crippen LogP contribution in [0, 0.1) is 0 Å². The summed E-state index contributed by atoms with van der Waals surface area (Å²) in [6.07, 6.45) is 0.926. The largest absolute Gasteiger partial charge is 0.492 e. The molecule has 1 unspecified atom stereocenters. The Balaban J connectivity index is 1.53. The first-order chi connectivity index (χ1) is 14.7. The zero-order chi connectivity index (χ0) is 21.2. The Hall–Kier alpha value is -2.53. The zero-order valence-corrected chi connectivity index (χ0v) is 17.9. The lowest BCUT2D eigenvalue weighted by Crippen LogP contribution is -2.24. The molecule has 0 radical (unpaired) electrons. The summed E-state index contributed by atoms with van der Waals surface area (Å²) in [4.78, 5) is 0. The molecule has 0 heterocycles. The summed E-state index contributed by atoms with van der Waals surface area (Å²) in [7, 11) is 0. The molecule has 158 valence electrons.